The Morgan fingerprint density at radius 3 is 2.57 bits per heavy atom. The average Bonchev–Trinajstić information content (AvgIpc) is 2.63. The maximum Gasteiger partial charge on any atom is 0.277 e. The summed E-state index contributed by atoms with van der Waals surface area (Å²) in [5.74, 6) is 0.310. The second kappa shape index (κ2) is 10.5. The van der Waals surface area contributed by atoms with E-state index >= 15 is 0 Å². The molecule has 6 nitrogen and oxygen atoms in total. The number of amides is 1. The molecule has 1 amide bonds. The van der Waals surface area contributed by atoms with Gasteiger partial charge in [0.1, 0.15) is 11.5 Å². The molecule has 0 aromatic heterocycles. The summed E-state index contributed by atoms with van der Waals surface area (Å²) in [5.41, 5.74) is 4.75. The van der Waals surface area contributed by atoms with Crippen molar-refractivity contribution in [2.75, 3.05) is 24.6 Å². The van der Waals surface area contributed by atoms with Crippen LogP contribution in [0, 0.1) is 6.92 Å². The Kier molecular flexibility index (Phi) is 8.32. The van der Waals surface area contributed by atoms with E-state index in [0.717, 1.165) is 33.3 Å². The van der Waals surface area contributed by atoms with Gasteiger partial charge < -0.3 is 14.7 Å². The summed E-state index contributed by atoms with van der Waals surface area (Å²) in [7, 11) is 0. The highest BCUT2D eigenvalue weighted by Crippen LogP contribution is 2.32. The van der Waals surface area contributed by atoms with Crippen LogP contribution in [-0.2, 0) is 4.79 Å². The van der Waals surface area contributed by atoms with Gasteiger partial charge in [0.05, 0.1) is 10.7 Å². The van der Waals surface area contributed by atoms with E-state index in [2.05, 4.69) is 61.1 Å². The average molecular weight is 513 g/mol. The van der Waals surface area contributed by atoms with Crippen LogP contribution in [-0.4, -0.2) is 36.9 Å². The molecular formula is C20H23Br2N3O3. The van der Waals surface area contributed by atoms with E-state index in [1.165, 1.54) is 6.21 Å². The fraction of sp³-hybridized carbons (Fsp3) is 0.300. The lowest BCUT2D eigenvalue weighted by molar-refractivity contribution is -0.123. The van der Waals surface area contributed by atoms with Crippen molar-refractivity contribution in [3.8, 4) is 11.5 Å². The largest absolute Gasteiger partial charge is 0.507 e. The van der Waals surface area contributed by atoms with Crippen LogP contribution in [0.2, 0.25) is 0 Å². The number of hydrogen-bond acceptors (Lipinski definition) is 5. The second-order valence-electron chi connectivity index (χ2n) is 6.03. The summed E-state index contributed by atoms with van der Waals surface area (Å²) in [6.45, 7) is 7.54. The van der Waals surface area contributed by atoms with Gasteiger partial charge in [0, 0.05) is 34.9 Å². The summed E-state index contributed by atoms with van der Waals surface area (Å²) in [5, 5.41) is 14.1. The molecule has 8 heteroatoms. The van der Waals surface area contributed by atoms with Crippen molar-refractivity contribution in [2.24, 2.45) is 5.10 Å². The molecule has 2 aromatic carbocycles. The molecule has 0 spiro atoms. The number of benzene rings is 2. The maximum atomic E-state index is 12.0. The number of anilines is 1. The number of nitrogens with zero attached hydrogens (tertiary/aromatic N) is 2. The first-order chi connectivity index (χ1) is 13.3. The number of hydrogen-bond donors (Lipinski definition) is 2. The molecule has 0 atom stereocenters. The molecule has 0 saturated carbocycles. The number of phenols is 1. The molecule has 2 aromatic rings. The smallest absolute Gasteiger partial charge is 0.277 e. The lowest BCUT2D eigenvalue weighted by Gasteiger charge is -2.21. The number of ether oxygens (including phenoxy) is 1. The van der Waals surface area contributed by atoms with Gasteiger partial charge in [-0.3, -0.25) is 4.79 Å². The molecule has 0 saturated heterocycles. The number of nitrogens with one attached hydrogen (secondary N) is 1. The molecule has 2 rings (SSSR count). The number of halogens is 2. The van der Waals surface area contributed by atoms with Crippen molar-refractivity contribution in [3.63, 3.8) is 0 Å². The molecule has 0 aliphatic carbocycles. The quantitative estimate of drug-likeness (QED) is 0.400. The highest BCUT2D eigenvalue weighted by atomic mass is 79.9. The minimum absolute atomic E-state index is 0.105. The Morgan fingerprint density at radius 1 is 1.25 bits per heavy atom. The Labute approximate surface area is 181 Å². The number of carbonyl (C=O) groups excluding carboxylic acids is 1. The van der Waals surface area contributed by atoms with E-state index < -0.39 is 5.91 Å². The predicted molar refractivity (Wildman–Crippen MR) is 119 cm³/mol. The normalized spacial score (nSPS) is 10.9. The van der Waals surface area contributed by atoms with Gasteiger partial charge in [-0.2, -0.15) is 5.10 Å². The lowest BCUT2D eigenvalue weighted by atomic mass is 10.2. The zero-order valence-electron chi connectivity index (χ0n) is 16.0. The molecule has 0 aliphatic rings. The third-order valence-corrected chi connectivity index (χ3v) is 5.12. The van der Waals surface area contributed by atoms with E-state index in [1.54, 1.807) is 12.1 Å². The van der Waals surface area contributed by atoms with Gasteiger partial charge in [0.2, 0.25) is 0 Å². The van der Waals surface area contributed by atoms with Crippen molar-refractivity contribution in [3.05, 3.63) is 50.4 Å². The van der Waals surface area contributed by atoms with Crippen molar-refractivity contribution >= 4 is 49.7 Å². The third-order valence-electron chi connectivity index (χ3n) is 4.08. The van der Waals surface area contributed by atoms with Crippen LogP contribution < -0.4 is 15.1 Å². The topological polar surface area (TPSA) is 74.2 Å². The van der Waals surface area contributed by atoms with Crippen LogP contribution in [0.1, 0.15) is 25.0 Å². The van der Waals surface area contributed by atoms with Gasteiger partial charge in [-0.05, 0) is 66.5 Å². The minimum atomic E-state index is -0.398. The molecule has 150 valence electrons. The number of aryl methyl sites for hydroxylation is 1. The van der Waals surface area contributed by atoms with E-state index in [0.29, 0.717) is 11.3 Å². The fourth-order valence-corrected chi connectivity index (χ4v) is 4.20. The molecule has 0 bridgehead atoms. The van der Waals surface area contributed by atoms with Crippen LogP contribution in [0.5, 0.6) is 11.5 Å². The van der Waals surface area contributed by atoms with Crippen LogP contribution >= 0.6 is 31.9 Å². The fourth-order valence-electron chi connectivity index (χ4n) is 2.64. The first-order valence-electron chi connectivity index (χ1n) is 8.84. The first kappa shape index (κ1) is 22.2. The Morgan fingerprint density at radius 2 is 1.96 bits per heavy atom. The van der Waals surface area contributed by atoms with Crippen molar-refractivity contribution < 1.29 is 14.6 Å². The number of hydrazone groups is 1. The highest BCUT2D eigenvalue weighted by Gasteiger charge is 2.10. The lowest BCUT2D eigenvalue weighted by Crippen LogP contribution is -2.25. The van der Waals surface area contributed by atoms with Crippen molar-refractivity contribution in [1.82, 2.24) is 5.43 Å². The molecule has 0 fully saturated rings. The summed E-state index contributed by atoms with van der Waals surface area (Å²) < 4.78 is 7.25. The van der Waals surface area contributed by atoms with Gasteiger partial charge in [0.25, 0.3) is 5.91 Å². The Hall–Kier alpha value is -2.06. The van der Waals surface area contributed by atoms with Crippen molar-refractivity contribution in [2.45, 2.75) is 20.8 Å². The third kappa shape index (κ3) is 5.97. The molecule has 0 aliphatic heterocycles. The van der Waals surface area contributed by atoms with Gasteiger partial charge in [-0.25, -0.2) is 5.43 Å². The van der Waals surface area contributed by atoms with Gasteiger partial charge in [-0.1, -0.05) is 15.9 Å². The first-order valence-corrected chi connectivity index (χ1v) is 10.4. The Bertz CT molecular complexity index is 845. The monoisotopic (exact) mass is 511 g/mol. The molecule has 2 N–H and O–H groups in total. The van der Waals surface area contributed by atoms with Gasteiger partial charge in [0.15, 0.2) is 6.61 Å². The van der Waals surface area contributed by atoms with E-state index in [1.807, 2.05) is 25.1 Å². The second-order valence-corrected chi connectivity index (χ2v) is 7.80. The van der Waals surface area contributed by atoms with Crippen LogP contribution in [0.3, 0.4) is 0 Å². The van der Waals surface area contributed by atoms with Crippen LogP contribution in [0.15, 0.2) is 44.4 Å². The molecule has 0 radical (unpaired) electrons. The summed E-state index contributed by atoms with van der Waals surface area (Å²) in [6.07, 6.45) is 1.40. The van der Waals surface area contributed by atoms with Gasteiger partial charge >= 0.3 is 0 Å². The van der Waals surface area contributed by atoms with Crippen LogP contribution in [0.4, 0.5) is 5.69 Å². The molecule has 0 heterocycles. The highest BCUT2D eigenvalue weighted by molar-refractivity contribution is 9.11. The predicted octanol–water partition coefficient (Wildman–Crippen LogP) is 4.60. The van der Waals surface area contributed by atoms with Crippen LogP contribution in [0.25, 0.3) is 0 Å². The minimum Gasteiger partial charge on any atom is -0.507 e. The standard InChI is InChI=1S/C20H23Br2N3O3/c1-4-25(5-2)16-7-6-14(18(26)10-16)11-23-24-19(27)12-28-20-13(3)8-15(21)9-17(20)22/h6-11,26H,4-5,12H2,1-3H3,(H,24,27)/b23-11+. The number of carbonyl (C=O) groups is 1. The van der Waals surface area contributed by atoms with E-state index in [-0.39, 0.29) is 12.4 Å². The zero-order chi connectivity index (χ0) is 20.7. The maximum absolute atomic E-state index is 12.0. The number of phenolic OH excluding ortho intramolecular Hbond substituents is 1. The number of aromatic hydroxyl groups is 1. The number of rotatable bonds is 8. The molecular weight excluding hydrogens is 490 g/mol. The summed E-state index contributed by atoms with van der Waals surface area (Å²) in [6, 6.07) is 9.11. The van der Waals surface area contributed by atoms with Crippen molar-refractivity contribution in [1.29, 1.82) is 0 Å². The van der Waals surface area contributed by atoms with E-state index in [9.17, 15) is 9.90 Å². The Balaban J connectivity index is 1.93. The van der Waals surface area contributed by atoms with Gasteiger partial charge in [-0.15, -0.1) is 0 Å². The summed E-state index contributed by atoms with van der Waals surface area (Å²) in [4.78, 5) is 14.1. The van der Waals surface area contributed by atoms with E-state index in [4.69, 9.17) is 4.74 Å². The molecule has 28 heavy (non-hydrogen) atoms. The SMILES string of the molecule is CCN(CC)c1ccc(/C=N/NC(=O)COc2c(C)cc(Br)cc2Br)c(O)c1. The zero-order valence-corrected chi connectivity index (χ0v) is 19.2. The summed E-state index contributed by atoms with van der Waals surface area (Å²) >= 11 is 6.82. The molecule has 0 unspecified atom stereocenters.